The largest absolute Gasteiger partial charge is 0.321 e. The molecule has 8 heteroatoms. The molecule has 0 aliphatic rings. The number of tetrazole rings is 1. The van der Waals surface area contributed by atoms with Gasteiger partial charge < -0.3 is 4.98 Å². The summed E-state index contributed by atoms with van der Waals surface area (Å²) in [5, 5.41) is 16.1. The predicted octanol–water partition coefficient (Wildman–Crippen LogP) is 5.74. The molecule has 0 fully saturated rings. The quantitative estimate of drug-likeness (QED) is 0.322. The van der Waals surface area contributed by atoms with Crippen LogP contribution in [0.2, 0.25) is 0 Å². The lowest BCUT2D eigenvalue weighted by atomic mass is 9.97. The first-order valence-corrected chi connectivity index (χ1v) is 13.2. The molecule has 0 unspecified atom stereocenters. The lowest BCUT2D eigenvalue weighted by Gasteiger charge is -2.35. The van der Waals surface area contributed by atoms with E-state index in [9.17, 15) is 4.79 Å². The smallest absolute Gasteiger partial charge is 0.252 e. The topological polar surface area (TPSA) is 79.7 Å². The van der Waals surface area contributed by atoms with Crippen LogP contribution in [0.15, 0.2) is 40.5 Å². The number of aryl methyl sites for hydroxylation is 2. The number of nitrogens with zero attached hydrogens (tertiary/aromatic N) is 5. The van der Waals surface area contributed by atoms with E-state index in [-0.39, 0.29) is 23.1 Å². The van der Waals surface area contributed by atoms with Gasteiger partial charge in [-0.1, -0.05) is 39.0 Å². The number of pyridine rings is 1. The Morgan fingerprint density at radius 1 is 1.17 bits per heavy atom. The van der Waals surface area contributed by atoms with Gasteiger partial charge in [0.2, 0.25) is 0 Å². The number of aromatic nitrogens is 5. The maximum atomic E-state index is 13.3. The molecule has 0 saturated carbocycles. The summed E-state index contributed by atoms with van der Waals surface area (Å²) in [6.45, 7) is 16.2. The van der Waals surface area contributed by atoms with E-state index < -0.39 is 0 Å². The van der Waals surface area contributed by atoms with Gasteiger partial charge in [0.25, 0.3) is 5.56 Å². The van der Waals surface area contributed by atoms with Gasteiger partial charge in [0.05, 0.1) is 17.1 Å². The van der Waals surface area contributed by atoms with Crippen LogP contribution < -0.4 is 5.56 Å². The molecule has 0 amide bonds. The molecule has 0 bridgehead atoms. The summed E-state index contributed by atoms with van der Waals surface area (Å²) in [4.78, 5) is 20.0. The van der Waals surface area contributed by atoms with Gasteiger partial charge in [-0.05, 0) is 84.5 Å². The summed E-state index contributed by atoms with van der Waals surface area (Å²) in [5.41, 5.74) is 3.69. The van der Waals surface area contributed by atoms with Crippen LogP contribution >= 0.6 is 11.3 Å². The average Bonchev–Trinajstić information content (AvgIpc) is 3.50. The second-order valence-corrected chi connectivity index (χ2v) is 11.4. The molecule has 0 saturated heterocycles. The third-order valence-corrected chi connectivity index (χ3v) is 8.02. The minimum absolute atomic E-state index is 0.0432. The van der Waals surface area contributed by atoms with E-state index in [1.165, 1.54) is 10.4 Å². The zero-order valence-corrected chi connectivity index (χ0v) is 22.6. The summed E-state index contributed by atoms with van der Waals surface area (Å²) in [6, 6.07) is 10.4. The maximum Gasteiger partial charge on any atom is 0.252 e. The molecular formula is C27H36N6OS. The Balaban J connectivity index is 1.81. The van der Waals surface area contributed by atoms with E-state index in [4.69, 9.17) is 0 Å². The van der Waals surface area contributed by atoms with Gasteiger partial charge in [-0.3, -0.25) is 9.69 Å². The van der Waals surface area contributed by atoms with Crippen molar-refractivity contribution in [1.82, 2.24) is 30.1 Å². The second-order valence-electron chi connectivity index (χ2n) is 10.4. The Kier molecular flexibility index (Phi) is 7.24. The Bertz CT molecular complexity index is 1350. The first-order valence-electron chi connectivity index (χ1n) is 12.3. The molecule has 1 atom stereocenters. The molecule has 0 radical (unpaired) electrons. The van der Waals surface area contributed by atoms with Crippen molar-refractivity contribution in [2.24, 2.45) is 5.92 Å². The molecule has 186 valence electrons. The molecule has 3 heterocycles. The van der Waals surface area contributed by atoms with Gasteiger partial charge in [0.1, 0.15) is 0 Å². The molecule has 1 aromatic carbocycles. The van der Waals surface area contributed by atoms with Crippen molar-refractivity contribution < 1.29 is 0 Å². The van der Waals surface area contributed by atoms with Crippen molar-refractivity contribution >= 4 is 22.2 Å². The number of hydrogen-bond acceptors (Lipinski definition) is 6. The molecule has 0 aliphatic heterocycles. The Labute approximate surface area is 211 Å². The molecule has 7 nitrogen and oxygen atoms in total. The van der Waals surface area contributed by atoms with Gasteiger partial charge in [0, 0.05) is 23.5 Å². The second kappa shape index (κ2) is 10.0. The lowest BCUT2D eigenvalue weighted by molar-refractivity contribution is 0.119. The molecule has 3 aromatic heterocycles. The fraction of sp³-hybridized carbons (Fsp3) is 0.481. The predicted molar refractivity (Wildman–Crippen MR) is 143 cm³/mol. The third-order valence-electron chi connectivity index (χ3n) is 7.16. The number of rotatable bonds is 9. The highest BCUT2D eigenvalue weighted by Gasteiger charge is 2.34. The van der Waals surface area contributed by atoms with E-state index in [0.29, 0.717) is 13.1 Å². The molecule has 4 rings (SSSR count). The summed E-state index contributed by atoms with van der Waals surface area (Å²) >= 11 is 1.73. The van der Waals surface area contributed by atoms with Crippen molar-refractivity contribution in [2.45, 2.75) is 79.6 Å². The summed E-state index contributed by atoms with van der Waals surface area (Å²) in [6.07, 6.45) is 0.907. The number of H-pyrrole nitrogens is 1. The highest BCUT2D eigenvalue weighted by Crippen LogP contribution is 2.33. The summed E-state index contributed by atoms with van der Waals surface area (Å²) < 4.78 is 1.97. The number of hydrogen-bond donors (Lipinski definition) is 1. The Hall–Kier alpha value is -2.84. The van der Waals surface area contributed by atoms with E-state index in [1.54, 1.807) is 11.3 Å². The van der Waals surface area contributed by atoms with Gasteiger partial charge in [-0.15, -0.1) is 16.4 Å². The minimum Gasteiger partial charge on any atom is -0.321 e. The third kappa shape index (κ3) is 5.09. The van der Waals surface area contributed by atoms with Gasteiger partial charge in [-0.2, -0.15) is 0 Å². The van der Waals surface area contributed by atoms with Crippen LogP contribution in [-0.2, 0) is 18.6 Å². The summed E-state index contributed by atoms with van der Waals surface area (Å²) in [7, 11) is 0. The van der Waals surface area contributed by atoms with Crippen LogP contribution in [0, 0.1) is 19.8 Å². The zero-order chi connectivity index (χ0) is 25.3. The van der Waals surface area contributed by atoms with Crippen molar-refractivity contribution in [3.8, 4) is 0 Å². The van der Waals surface area contributed by atoms with Crippen molar-refractivity contribution in [1.29, 1.82) is 0 Å². The number of nitrogens with one attached hydrogen (secondary N) is 1. The van der Waals surface area contributed by atoms with Crippen LogP contribution in [0.25, 0.3) is 10.9 Å². The fourth-order valence-electron chi connectivity index (χ4n) is 4.60. The number of aromatic amines is 1. The zero-order valence-electron chi connectivity index (χ0n) is 21.8. The fourth-order valence-corrected chi connectivity index (χ4v) is 5.33. The minimum atomic E-state index is -0.212. The molecule has 1 N–H and O–H groups in total. The molecule has 0 spiro atoms. The van der Waals surface area contributed by atoms with Crippen LogP contribution in [0.5, 0.6) is 0 Å². The van der Waals surface area contributed by atoms with Gasteiger partial charge >= 0.3 is 0 Å². The van der Waals surface area contributed by atoms with Crippen LogP contribution in [0.1, 0.15) is 74.5 Å². The van der Waals surface area contributed by atoms with Gasteiger partial charge in [0.15, 0.2) is 5.82 Å². The number of benzene rings is 1. The van der Waals surface area contributed by atoms with Crippen LogP contribution in [0.4, 0.5) is 0 Å². The standard InChI is InChI=1S/C27H36N6OS/c1-8-27(6,7)33-25(29-30-31-33)24(17(2)3)32(16-22-10-9-13-35-22)15-21-14-20-12-11-18(4)19(5)23(20)28-26(21)34/h9-14,17,24H,8,15-16H2,1-7H3,(H,28,34)/t24-/m0/s1. The SMILES string of the molecule is CCC(C)(C)n1nnnc1[C@H](C(C)C)N(Cc1cccs1)Cc1cc2ccc(C)c(C)c2[nH]c1=O. The molecule has 35 heavy (non-hydrogen) atoms. The normalized spacial score (nSPS) is 13.3. The van der Waals surface area contributed by atoms with Crippen molar-refractivity contribution in [3.63, 3.8) is 0 Å². The first kappa shape index (κ1) is 25.3. The highest BCUT2D eigenvalue weighted by atomic mass is 32.1. The van der Waals surface area contributed by atoms with E-state index in [0.717, 1.165) is 34.3 Å². The Morgan fingerprint density at radius 3 is 2.60 bits per heavy atom. The number of thiophene rings is 1. The van der Waals surface area contributed by atoms with Crippen LogP contribution in [0.3, 0.4) is 0 Å². The monoisotopic (exact) mass is 492 g/mol. The van der Waals surface area contributed by atoms with E-state index in [1.807, 2.05) is 10.7 Å². The van der Waals surface area contributed by atoms with Crippen LogP contribution in [-0.4, -0.2) is 30.1 Å². The van der Waals surface area contributed by atoms with Gasteiger partial charge in [-0.25, -0.2) is 4.68 Å². The number of fused-ring (bicyclic) bond motifs is 1. The van der Waals surface area contributed by atoms with E-state index >= 15 is 0 Å². The molecule has 4 aromatic rings. The highest BCUT2D eigenvalue weighted by molar-refractivity contribution is 7.09. The maximum absolute atomic E-state index is 13.3. The lowest BCUT2D eigenvalue weighted by Crippen LogP contribution is -2.38. The van der Waals surface area contributed by atoms with Crippen molar-refractivity contribution in [3.05, 3.63) is 73.5 Å². The molecule has 0 aliphatic carbocycles. The first-order chi connectivity index (χ1) is 16.6. The molecular weight excluding hydrogens is 456 g/mol. The van der Waals surface area contributed by atoms with E-state index in [2.05, 4.69) is 104 Å². The average molecular weight is 493 g/mol. The summed E-state index contributed by atoms with van der Waals surface area (Å²) in [5.74, 6) is 1.07. The Morgan fingerprint density at radius 2 is 1.94 bits per heavy atom. The van der Waals surface area contributed by atoms with Crippen molar-refractivity contribution in [2.75, 3.05) is 0 Å².